The number of hydrogen-bond acceptors (Lipinski definition) is 7. The maximum atomic E-state index is 12.6. The monoisotopic (exact) mass is 478 g/mol. The molecule has 1 saturated carbocycles. The van der Waals surface area contributed by atoms with Crippen molar-refractivity contribution >= 4 is 22.8 Å². The zero-order valence-corrected chi connectivity index (χ0v) is 19.9. The summed E-state index contributed by atoms with van der Waals surface area (Å²) in [5.74, 6) is 0.566. The van der Waals surface area contributed by atoms with Crippen molar-refractivity contribution < 1.29 is 47.1 Å². The number of phosphoric acid groups is 1. The summed E-state index contributed by atoms with van der Waals surface area (Å²) in [6.07, 6.45) is 2.71. The van der Waals surface area contributed by atoms with Crippen LogP contribution in [-0.4, -0.2) is 55.3 Å². The van der Waals surface area contributed by atoms with Crippen molar-refractivity contribution in [1.82, 2.24) is 0 Å². The molecule has 1 heterocycles. The van der Waals surface area contributed by atoms with E-state index in [-0.39, 0.29) is 6.10 Å². The van der Waals surface area contributed by atoms with E-state index in [1.165, 1.54) is 20.3 Å². The van der Waals surface area contributed by atoms with Crippen molar-refractivity contribution in [2.45, 2.75) is 88.7 Å². The van der Waals surface area contributed by atoms with Crippen LogP contribution in [0.5, 0.6) is 0 Å². The lowest BCUT2D eigenvalue weighted by atomic mass is 9.81. The molecule has 4 N–H and O–H groups in total. The van der Waals surface area contributed by atoms with Crippen molar-refractivity contribution in [1.29, 1.82) is 0 Å². The molecule has 1 aliphatic carbocycles. The summed E-state index contributed by atoms with van der Waals surface area (Å²) in [7, 11) is -14.4. The minimum Gasteiger partial charge on any atom is -0.390 e. The van der Waals surface area contributed by atoms with Gasteiger partial charge in [0, 0.05) is 12.1 Å². The molecule has 0 spiro atoms. The van der Waals surface area contributed by atoms with Gasteiger partial charge in [0.2, 0.25) is 7.37 Å². The smallest absolute Gasteiger partial charge is 0.390 e. The van der Waals surface area contributed by atoms with Crippen LogP contribution in [0.15, 0.2) is 0 Å². The molecule has 2 rings (SSSR count). The Morgan fingerprint density at radius 1 is 1.14 bits per heavy atom. The van der Waals surface area contributed by atoms with Crippen LogP contribution < -0.4 is 0 Å². The molecule has 6 atom stereocenters. The lowest BCUT2D eigenvalue weighted by Gasteiger charge is -2.35. The van der Waals surface area contributed by atoms with E-state index < -0.39 is 52.2 Å². The lowest BCUT2D eigenvalue weighted by Crippen LogP contribution is -2.27. The normalized spacial score (nSPS) is 32.4. The largest absolute Gasteiger partial charge is 0.479 e. The molecule has 0 aromatic heterocycles. The Morgan fingerprint density at radius 3 is 2.21 bits per heavy atom. The number of aliphatic hydroxyl groups is 1. The quantitative estimate of drug-likeness (QED) is 0.343. The Kier molecular flexibility index (Phi) is 8.06. The fourth-order valence-corrected chi connectivity index (χ4v) is 9.64. The second-order valence-electron chi connectivity index (χ2n) is 8.71. The van der Waals surface area contributed by atoms with Gasteiger partial charge in [-0.3, -0.25) is 13.7 Å². The Hall–Kier alpha value is 0.410. The lowest BCUT2D eigenvalue weighted by molar-refractivity contribution is -0.0296. The van der Waals surface area contributed by atoms with E-state index in [4.69, 9.17) is 9.26 Å². The Bertz CT molecular complexity index is 720. The van der Waals surface area contributed by atoms with E-state index >= 15 is 0 Å². The van der Waals surface area contributed by atoms with Crippen LogP contribution in [-0.2, 0) is 27.3 Å². The molecular weight excluding hydrogens is 445 g/mol. The van der Waals surface area contributed by atoms with Gasteiger partial charge in [-0.1, -0.05) is 33.1 Å². The van der Waals surface area contributed by atoms with Crippen LogP contribution in [0, 0.1) is 5.92 Å². The second-order valence-corrected chi connectivity index (χ2v) is 16.5. The van der Waals surface area contributed by atoms with Crippen molar-refractivity contribution in [3.05, 3.63) is 0 Å². The third-order valence-electron chi connectivity index (χ3n) is 5.91. The molecule has 2 fully saturated rings. The van der Waals surface area contributed by atoms with Crippen LogP contribution in [0.4, 0.5) is 0 Å². The molecule has 2 aliphatic rings. The minimum atomic E-state index is -5.07. The predicted molar refractivity (Wildman–Crippen MR) is 107 cm³/mol. The van der Waals surface area contributed by atoms with Gasteiger partial charge in [0.1, 0.15) is 11.0 Å². The first kappa shape index (κ1) is 25.7. The van der Waals surface area contributed by atoms with Gasteiger partial charge in [0.05, 0.1) is 18.8 Å². The molecular formula is C16H33O10P3. The first-order valence-corrected chi connectivity index (χ1v) is 14.6. The number of hydrogen-bond donors (Lipinski definition) is 4. The van der Waals surface area contributed by atoms with Crippen molar-refractivity contribution in [2.75, 3.05) is 6.61 Å². The molecule has 0 aromatic rings. The third-order valence-corrected chi connectivity index (χ3v) is 14.1. The van der Waals surface area contributed by atoms with Gasteiger partial charge in [0.15, 0.2) is 0 Å². The van der Waals surface area contributed by atoms with E-state index in [0.29, 0.717) is 12.3 Å². The maximum absolute atomic E-state index is 12.6. The Labute approximate surface area is 171 Å². The average molecular weight is 478 g/mol. The highest BCUT2D eigenvalue weighted by atomic mass is 31.3. The summed E-state index contributed by atoms with van der Waals surface area (Å²) >= 11 is 0. The summed E-state index contributed by atoms with van der Waals surface area (Å²) in [4.78, 5) is 28.1. The molecule has 172 valence electrons. The SMILES string of the molecule is CC(C)P(=O)(O)C(C)(C)P(=O)(O)OP(=O)(O)OC[C@H]1O[C@@H](CC2CCC2)CC1O. The fourth-order valence-electron chi connectivity index (χ4n) is 3.46. The predicted octanol–water partition coefficient (Wildman–Crippen LogP) is 3.43. The van der Waals surface area contributed by atoms with Crippen molar-refractivity contribution in [3.63, 3.8) is 0 Å². The van der Waals surface area contributed by atoms with Crippen LogP contribution >= 0.6 is 22.8 Å². The highest BCUT2D eigenvalue weighted by Gasteiger charge is 2.58. The van der Waals surface area contributed by atoms with Gasteiger partial charge >= 0.3 is 15.4 Å². The summed E-state index contributed by atoms with van der Waals surface area (Å²) < 4.78 is 52.2. The van der Waals surface area contributed by atoms with Crippen LogP contribution in [0.1, 0.15) is 59.8 Å². The molecule has 29 heavy (non-hydrogen) atoms. The van der Waals surface area contributed by atoms with Crippen molar-refractivity contribution in [3.8, 4) is 0 Å². The molecule has 0 bridgehead atoms. The molecule has 0 amide bonds. The molecule has 0 aromatic carbocycles. The molecule has 1 saturated heterocycles. The van der Waals surface area contributed by atoms with E-state index in [9.17, 15) is 33.5 Å². The van der Waals surface area contributed by atoms with Crippen LogP contribution in [0.25, 0.3) is 0 Å². The number of phosphoric ester groups is 1. The number of ether oxygens (including phenoxy) is 1. The average Bonchev–Trinajstić information content (AvgIpc) is 2.87. The Morgan fingerprint density at radius 2 is 1.72 bits per heavy atom. The topological polar surface area (TPSA) is 160 Å². The summed E-state index contributed by atoms with van der Waals surface area (Å²) in [6.45, 7) is 4.34. The second kappa shape index (κ2) is 9.11. The van der Waals surface area contributed by atoms with Gasteiger partial charge in [-0.2, -0.15) is 0 Å². The first-order chi connectivity index (χ1) is 13.1. The molecule has 10 nitrogen and oxygen atoms in total. The zero-order valence-electron chi connectivity index (χ0n) is 17.2. The molecule has 1 aliphatic heterocycles. The van der Waals surface area contributed by atoms with E-state index in [0.717, 1.165) is 33.1 Å². The summed E-state index contributed by atoms with van der Waals surface area (Å²) in [5.41, 5.74) is -0.866. The minimum absolute atomic E-state index is 0.169. The van der Waals surface area contributed by atoms with Crippen LogP contribution in [0.3, 0.4) is 0 Å². The van der Waals surface area contributed by atoms with E-state index in [1.54, 1.807) is 0 Å². The van der Waals surface area contributed by atoms with Gasteiger partial charge in [0.25, 0.3) is 0 Å². The summed E-state index contributed by atoms with van der Waals surface area (Å²) in [6, 6.07) is 0. The maximum Gasteiger partial charge on any atom is 0.479 e. The van der Waals surface area contributed by atoms with Crippen molar-refractivity contribution in [2.24, 2.45) is 5.92 Å². The standard InChI is InChI=1S/C16H33O10P3/c1-11(2)27(18,19)16(3,4)28(20,21)26-29(22,23)24-10-15-14(17)9-13(25-15)8-12-6-5-7-12/h11-15,17H,5-10H2,1-4H3,(H,18,19)(H,20,21)(H,22,23)/t13-,14?,15+/m0/s1. The van der Waals surface area contributed by atoms with E-state index in [1.807, 2.05) is 0 Å². The highest BCUT2D eigenvalue weighted by Crippen LogP contribution is 2.78. The van der Waals surface area contributed by atoms with Gasteiger partial charge in [-0.25, -0.2) is 8.88 Å². The third kappa shape index (κ3) is 5.81. The first-order valence-electron chi connectivity index (χ1n) is 9.76. The molecule has 4 unspecified atom stereocenters. The highest BCUT2D eigenvalue weighted by molar-refractivity contribution is 7.78. The number of aliphatic hydroxyl groups excluding tert-OH is 1. The summed E-state index contributed by atoms with van der Waals surface area (Å²) in [5, 5.41) is 10.1. The van der Waals surface area contributed by atoms with E-state index in [2.05, 4.69) is 4.31 Å². The fraction of sp³-hybridized carbons (Fsp3) is 1.00. The Balaban J connectivity index is 1.96. The van der Waals surface area contributed by atoms with Crippen LogP contribution in [0.2, 0.25) is 0 Å². The zero-order chi connectivity index (χ0) is 22.3. The van der Waals surface area contributed by atoms with Gasteiger partial charge in [-0.05, 0) is 26.2 Å². The molecule has 13 heteroatoms. The molecule has 0 radical (unpaired) electrons. The van der Waals surface area contributed by atoms with Gasteiger partial charge < -0.3 is 24.5 Å². The number of rotatable bonds is 10. The van der Waals surface area contributed by atoms with Gasteiger partial charge in [-0.15, -0.1) is 0 Å².